The maximum Gasteiger partial charge on any atom is 0.303 e. The Bertz CT molecular complexity index is 1280. The number of hydrazine groups is 1. The summed E-state index contributed by atoms with van der Waals surface area (Å²) < 4.78 is 13.5. The summed E-state index contributed by atoms with van der Waals surface area (Å²) in [5.74, 6) is -0.874. The lowest BCUT2D eigenvalue weighted by atomic mass is 9.87. The second-order valence-corrected chi connectivity index (χ2v) is 11.7. The molecule has 5 nitrogen and oxygen atoms in total. The molecular weight excluding hydrogens is 501 g/mol. The van der Waals surface area contributed by atoms with E-state index in [0.717, 1.165) is 42.6 Å². The van der Waals surface area contributed by atoms with Crippen molar-refractivity contribution in [2.45, 2.75) is 72.1 Å². The van der Waals surface area contributed by atoms with E-state index in [1.165, 1.54) is 16.8 Å². The number of aliphatic carboxylic acids is 1. The Morgan fingerprint density at radius 3 is 2.27 bits per heavy atom. The van der Waals surface area contributed by atoms with Gasteiger partial charge in [0.25, 0.3) is 0 Å². The van der Waals surface area contributed by atoms with Crippen LogP contribution in [0.3, 0.4) is 0 Å². The summed E-state index contributed by atoms with van der Waals surface area (Å²) in [6, 6.07) is 25.1. The molecule has 0 saturated carbocycles. The van der Waals surface area contributed by atoms with E-state index in [1.807, 2.05) is 12.1 Å². The van der Waals surface area contributed by atoms with Gasteiger partial charge in [-0.15, -0.1) is 0 Å². The Labute approximate surface area is 238 Å². The summed E-state index contributed by atoms with van der Waals surface area (Å²) in [4.78, 5) is 10.9. The predicted octanol–water partition coefficient (Wildman–Crippen LogP) is 7.08. The van der Waals surface area contributed by atoms with Crippen LogP contribution in [-0.2, 0) is 37.3 Å². The molecule has 1 atom stereocenters. The molecule has 1 heterocycles. The zero-order chi connectivity index (χ0) is 28.5. The van der Waals surface area contributed by atoms with Crippen LogP contribution >= 0.6 is 0 Å². The van der Waals surface area contributed by atoms with E-state index < -0.39 is 12.6 Å². The molecule has 0 fully saturated rings. The van der Waals surface area contributed by atoms with Gasteiger partial charge in [-0.25, -0.2) is 9.82 Å². The Morgan fingerprint density at radius 2 is 1.60 bits per heavy atom. The summed E-state index contributed by atoms with van der Waals surface area (Å²) in [7, 11) is 0. The molecule has 212 valence electrons. The first-order chi connectivity index (χ1) is 19.2. The van der Waals surface area contributed by atoms with E-state index in [4.69, 9.17) is 5.11 Å². The summed E-state index contributed by atoms with van der Waals surface area (Å²) in [6.45, 7) is 7.76. The second-order valence-electron chi connectivity index (χ2n) is 11.7. The minimum absolute atomic E-state index is 0.00239. The van der Waals surface area contributed by atoms with E-state index in [0.29, 0.717) is 24.6 Å². The summed E-state index contributed by atoms with van der Waals surface area (Å²) in [6.07, 6.45) is 5.73. The minimum Gasteiger partial charge on any atom is -0.481 e. The molecule has 1 aliphatic rings. The van der Waals surface area contributed by atoms with Gasteiger partial charge >= 0.3 is 5.97 Å². The molecule has 0 spiro atoms. The molecule has 0 bridgehead atoms. The van der Waals surface area contributed by atoms with Crippen molar-refractivity contribution in [3.63, 3.8) is 0 Å². The third-order valence-electron chi connectivity index (χ3n) is 7.55. The van der Waals surface area contributed by atoms with Gasteiger partial charge in [-0.3, -0.25) is 4.79 Å². The van der Waals surface area contributed by atoms with Gasteiger partial charge in [-0.1, -0.05) is 81.4 Å². The van der Waals surface area contributed by atoms with Crippen molar-refractivity contribution in [2.24, 2.45) is 5.41 Å². The van der Waals surface area contributed by atoms with Gasteiger partial charge in [0, 0.05) is 30.9 Å². The van der Waals surface area contributed by atoms with Crippen LogP contribution in [0.25, 0.3) is 0 Å². The van der Waals surface area contributed by atoms with Gasteiger partial charge in [0.05, 0.1) is 6.04 Å². The van der Waals surface area contributed by atoms with Crippen LogP contribution in [0.2, 0.25) is 0 Å². The average Bonchev–Trinajstić information content (AvgIpc) is 3.38. The third kappa shape index (κ3) is 8.43. The number of rotatable bonds is 13. The first kappa shape index (κ1) is 29.3. The molecule has 3 N–H and O–H groups in total. The Hall–Kier alpha value is -3.64. The number of halogens is 1. The van der Waals surface area contributed by atoms with Gasteiger partial charge in [0.1, 0.15) is 6.67 Å². The number of allylic oxidation sites excluding steroid dienone is 1. The van der Waals surface area contributed by atoms with Crippen LogP contribution < -0.4 is 10.7 Å². The zero-order valence-corrected chi connectivity index (χ0v) is 23.9. The smallest absolute Gasteiger partial charge is 0.303 e. The topological polar surface area (TPSA) is 64.6 Å². The van der Waals surface area contributed by atoms with E-state index in [9.17, 15) is 9.18 Å². The SMILES string of the molecule is CC(C)(C)C1C=C(CCc2ccccc2)N(CCc2ccc(CNc3ccc(CCC(=O)O)c(CF)c3)cc2)N1. The Morgan fingerprint density at radius 1 is 0.900 bits per heavy atom. The lowest BCUT2D eigenvalue weighted by Crippen LogP contribution is -2.44. The predicted molar refractivity (Wildman–Crippen MR) is 161 cm³/mol. The monoisotopic (exact) mass is 543 g/mol. The molecule has 0 amide bonds. The number of nitrogens with zero attached hydrogens (tertiary/aromatic N) is 1. The number of carbonyl (C=O) groups is 1. The first-order valence-electron chi connectivity index (χ1n) is 14.2. The molecule has 4 rings (SSSR count). The summed E-state index contributed by atoms with van der Waals surface area (Å²) in [5.41, 5.74) is 11.2. The Balaban J connectivity index is 1.30. The number of anilines is 1. The summed E-state index contributed by atoms with van der Waals surface area (Å²) in [5, 5.41) is 14.6. The largest absolute Gasteiger partial charge is 0.481 e. The molecule has 3 aromatic rings. The van der Waals surface area contributed by atoms with Crippen LogP contribution in [0.1, 0.15) is 61.4 Å². The number of carboxylic acids is 1. The van der Waals surface area contributed by atoms with Crippen molar-refractivity contribution < 1.29 is 14.3 Å². The molecule has 0 aliphatic carbocycles. The standard InChI is InChI=1S/C34H42FN3O2/c1-34(2,3)32-22-31(17-13-25-7-5-4-6-8-25)38(37-32)20-19-26-9-11-27(12-10-26)24-36-30-16-14-28(15-18-33(39)40)29(21-30)23-35/h4-12,14,16,21-22,32,36-37H,13,15,17-20,23-24H2,1-3H3,(H,39,40). The number of benzene rings is 3. The van der Waals surface area contributed by atoms with E-state index in [-0.39, 0.29) is 11.8 Å². The second kappa shape index (κ2) is 13.6. The van der Waals surface area contributed by atoms with Gasteiger partial charge in [0.15, 0.2) is 0 Å². The molecule has 0 saturated heterocycles. The number of alkyl halides is 1. The Kier molecular flexibility index (Phi) is 9.99. The highest BCUT2D eigenvalue weighted by Crippen LogP contribution is 2.29. The number of carboxylic acid groups (broad SMARTS) is 1. The van der Waals surface area contributed by atoms with Crippen LogP contribution in [0.5, 0.6) is 0 Å². The van der Waals surface area contributed by atoms with Gasteiger partial charge in [0.2, 0.25) is 0 Å². The van der Waals surface area contributed by atoms with Gasteiger partial charge < -0.3 is 15.4 Å². The van der Waals surface area contributed by atoms with E-state index in [2.05, 4.69) is 97.2 Å². The van der Waals surface area contributed by atoms with Gasteiger partial charge in [-0.2, -0.15) is 0 Å². The number of hydrogen-bond acceptors (Lipinski definition) is 4. The third-order valence-corrected chi connectivity index (χ3v) is 7.55. The van der Waals surface area contributed by atoms with Crippen molar-refractivity contribution in [2.75, 3.05) is 11.9 Å². The van der Waals surface area contributed by atoms with Crippen molar-refractivity contribution in [1.82, 2.24) is 10.4 Å². The maximum absolute atomic E-state index is 13.5. The number of aryl methyl sites for hydroxylation is 2. The summed E-state index contributed by atoms with van der Waals surface area (Å²) >= 11 is 0. The minimum atomic E-state index is -0.874. The fourth-order valence-corrected chi connectivity index (χ4v) is 4.97. The fraction of sp³-hybridized carbons (Fsp3) is 0.382. The van der Waals surface area contributed by atoms with Gasteiger partial charge in [-0.05, 0) is 77.1 Å². The quantitative estimate of drug-likeness (QED) is 0.215. The highest BCUT2D eigenvalue weighted by atomic mass is 19.1. The van der Waals surface area contributed by atoms with E-state index >= 15 is 0 Å². The van der Waals surface area contributed by atoms with Crippen LogP contribution in [-0.4, -0.2) is 28.7 Å². The molecule has 3 aromatic carbocycles. The first-order valence-corrected chi connectivity index (χ1v) is 14.2. The van der Waals surface area contributed by atoms with Crippen LogP contribution in [0, 0.1) is 5.41 Å². The van der Waals surface area contributed by atoms with Crippen molar-refractivity contribution in [1.29, 1.82) is 0 Å². The average molecular weight is 544 g/mol. The highest BCUT2D eigenvalue weighted by molar-refractivity contribution is 5.67. The van der Waals surface area contributed by atoms with E-state index in [1.54, 1.807) is 6.07 Å². The van der Waals surface area contributed by atoms with Crippen molar-refractivity contribution in [3.05, 3.63) is 112 Å². The fourth-order valence-electron chi connectivity index (χ4n) is 4.97. The highest BCUT2D eigenvalue weighted by Gasteiger charge is 2.30. The molecule has 40 heavy (non-hydrogen) atoms. The molecule has 6 heteroatoms. The number of nitrogens with one attached hydrogen (secondary N) is 2. The molecule has 0 radical (unpaired) electrons. The lowest BCUT2D eigenvalue weighted by molar-refractivity contribution is -0.136. The van der Waals surface area contributed by atoms with Crippen molar-refractivity contribution in [3.8, 4) is 0 Å². The molecule has 0 aromatic heterocycles. The van der Waals surface area contributed by atoms with Crippen molar-refractivity contribution >= 4 is 11.7 Å². The molecule has 1 unspecified atom stereocenters. The van der Waals surface area contributed by atoms with Crippen LogP contribution in [0.4, 0.5) is 10.1 Å². The maximum atomic E-state index is 13.5. The number of hydrogen-bond donors (Lipinski definition) is 3. The lowest BCUT2D eigenvalue weighted by Gasteiger charge is -2.30. The molecule has 1 aliphatic heterocycles. The normalized spacial score (nSPS) is 15.2. The van der Waals surface area contributed by atoms with Crippen LogP contribution in [0.15, 0.2) is 84.6 Å². The zero-order valence-electron chi connectivity index (χ0n) is 23.9. The molecular formula is C34H42FN3O2.